The summed E-state index contributed by atoms with van der Waals surface area (Å²) in [7, 11) is 3.44. The highest BCUT2D eigenvalue weighted by molar-refractivity contribution is 5.92. The number of nitrogens with one attached hydrogen (secondary N) is 2. The van der Waals surface area contributed by atoms with Crippen LogP contribution in [0.25, 0.3) is 27.8 Å². The highest BCUT2D eigenvalue weighted by Gasteiger charge is 2.23. The molecule has 0 aliphatic carbocycles. The van der Waals surface area contributed by atoms with Gasteiger partial charge in [0.25, 0.3) is 0 Å². The van der Waals surface area contributed by atoms with Gasteiger partial charge in [-0.15, -0.1) is 0 Å². The maximum atomic E-state index is 12.2. The zero-order chi connectivity index (χ0) is 23.8. The van der Waals surface area contributed by atoms with Gasteiger partial charge in [-0.2, -0.15) is 5.10 Å². The third kappa shape index (κ3) is 3.83. The maximum absolute atomic E-state index is 12.2. The van der Waals surface area contributed by atoms with Gasteiger partial charge in [-0.25, -0.2) is 14.5 Å². The average Bonchev–Trinajstić information content (AvgIpc) is 3.48. The van der Waals surface area contributed by atoms with Crippen LogP contribution in [0.4, 0.5) is 5.82 Å². The molecule has 0 bridgehead atoms. The smallest absolute Gasteiger partial charge is 0.236 e. The number of aromatic nitrogens is 5. The second-order valence-corrected chi connectivity index (χ2v) is 8.88. The van der Waals surface area contributed by atoms with E-state index in [9.17, 15) is 4.79 Å². The van der Waals surface area contributed by atoms with E-state index >= 15 is 0 Å². The number of anilines is 1. The molecule has 34 heavy (non-hydrogen) atoms. The molecule has 5 rings (SSSR count). The first kappa shape index (κ1) is 22.1. The Hall–Kier alpha value is -3.66. The molecule has 178 valence electrons. The van der Waals surface area contributed by atoms with Crippen molar-refractivity contribution in [1.82, 2.24) is 34.8 Å². The monoisotopic (exact) mass is 462 g/mol. The summed E-state index contributed by atoms with van der Waals surface area (Å²) < 4.78 is 7.31. The number of nitrogens with zero attached hydrogens (tertiary/aromatic N) is 6. The number of hydrogen-bond acceptors (Lipinski definition) is 7. The van der Waals surface area contributed by atoms with Crippen molar-refractivity contribution >= 4 is 28.3 Å². The molecule has 1 fully saturated rings. The molecule has 1 aliphatic rings. The minimum atomic E-state index is 0.141. The van der Waals surface area contributed by atoms with Gasteiger partial charge < -0.3 is 24.8 Å². The number of carbonyl (C=O) groups excluding carboxylic acids is 1. The quantitative estimate of drug-likeness (QED) is 0.453. The molecule has 10 heteroatoms. The van der Waals surface area contributed by atoms with E-state index in [0.29, 0.717) is 31.0 Å². The standard InChI is InChI=1S/C24H30N8O2/c1-15(2)22-17-10-20(30-5-7-31(8-6-30)21(33)12-25-3)26-11-18(17)29-23(22)16-9-19(34-4)24-27-14-28-32(24)13-16/h9-11,13-15,25,29H,5-8,12H2,1-4H3. The Bertz CT molecular complexity index is 1330. The van der Waals surface area contributed by atoms with Gasteiger partial charge in [-0.3, -0.25) is 4.79 Å². The molecule has 2 N–H and O–H groups in total. The summed E-state index contributed by atoms with van der Waals surface area (Å²) in [6.07, 6.45) is 5.40. The maximum Gasteiger partial charge on any atom is 0.236 e. The normalized spacial score (nSPS) is 14.5. The van der Waals surface area contributed by atoms with Gasteiger partial charge >= 0.3 is 0 Å². The SMILES string of the molecule is CNCC(=O)N1CCN(c2cc3c(C(C)C)c(-c4cc(OC)c5ncnn5c4)[nH]c3cn2)CC1. The summed E-state index contributed by atoms with van der Waals surface area (Å²) in [5.74, 6) is 2.04. The summed E-state index contributed by atoms with van der Waals surface area (Å²) >= 11 is 0. The number of aromatic amines is 1. The van der Waals surface area contributed by atoms with Crippen molar-refractivity contribution in [3.8, 4) is 17.0 Å². The number of methoxy groups -OCH3 is 1. The van der Waals surface area contributed by atoms with E-state index in [2.05, 4.69) is 45.2 Å². The van der Waals surface area contributed by atoms with Crippen LogP contribution in [0, 0.1) is 0 Å². The second kappa shape index (κ2) is 8.94. The van der Waals surface area contributed by atoms with E-state index in [0.717, 1.165) is 41.1 Å². The van der Waals surface area contributed by atoms with Crippen molar-refractivity contribution in [2.75, 3.05) is 51.8 Å². The lowest BCUT2D eigenvalue weighted by molar-refractivity contribution is -0.130. The molecule has 0 radical (unpaired) electrons. The van der Waals surface area contributed by atoms with Crippen LogP contribution in [-0.4, -0.2) is 82.3 Å². The van der Waals surface area contributed by atoms with Crippen LogP contribution < -0.4 is 15.0 Å². The van der Waals surface area contributed by atoms with Gasteiger partial charge in [0.2, 0.25) is 5.91 Å². The molecule has 4 aromatic heterocycles. The molecule has 1 saturated heterocycles. The van der Waals surface area contributed by atoms with Crippen LogP contribution >= 0.6 is 0 Å². The first-order chi connectivity index (χ1) is 16.5. The van der Waals surface area contributed by atoms with Crippen molar-refractivity contribution in [3.05, 3.63) is 36.4 Å². The third-order valence-electron chi connectivity index (χ3n) is 6.42. The molecular formula is C24H30N8O2. The molecule has 0 spiro atoms. The number of piperazine rings is 1. The Morgan fingerprint density at radius 1 is 1.21 bits per heavy atom. The summed E-state index contributed by atoms with van der Waals surface area (Å²) in [5, 5.41) is 8.40. The number of likely N-dealkylation sites (N-methyl/N-ethyl adjacent to an activating group) is 1. The fourth-order valence-corrected chi connectivity index (χ4v) is 4.73. The van der Waals surface area contributed by atoms with Gasteiger partial charge in [0, 0.05) is 43.3 Å². The Kier molecular flexibility index (Phi) is 5.82. The fraction of sp³-hybridized carbons (Fsp3) is 0.417. The van der Waals surface area contributed by atoms with Crippen LogP contribution in [0.2, 0.25) is 0 Å². The van der Waals surface area contributed by atoms with Crippen LogP contribution in [0.1, 0.15) is 25.3 Å². The number of amides is 1. The lowest BCUT2D eigenvalue weighted by atomic mass is 9.97. The van der Waals surface area contributed by atoms with Crippen LogP contribution in [0.5, 0.6) is 5.75 Å². The molecule has 10 nitrogen and oxygen atoms in total. The van der Waals surface area contributed by atoms with Gasteiger partial charge in [-0.05, 0) is 30.7 Å². The summed E-state index contributed by atoms with van der Waals surface area (Å²) in [5.41, 5.74) is 4.91. The predicted octanol–water partition coefficient (Wildman–Crippen LogP) is 2.27. The number of rotatable bonds is 6. The molecule has 0 aromatic carbocycles. The molecule has 0 saturated carbocycles. The van der Waals surface area contributed by atoms with Gasteiger partial charge in [-0.1, -0.05) is 13.8 Å². The lowest BCUT2D eigenvalue weighted by Gasteiger charge is -2.35. The van der Waals surface area contributed by atoms with E-state index < -0.39 is 0 Å². The van der Waals surface area contributed by atoms with Crippen molar-refractivity contribution in [2.45, 2.75) is 19.8 Å². The number of carbonyl (C=O) groups is 1. The average molecular weight is 463 g/mol. The van der Waals surface area contributed by atoms with Crippen LogP contribution in [0.3, 0.4) is 0 Å². The van der Waals surface area contributed by atoms with E-state index in [4.69, 9.17) is 9.72 Å². The van der Waals surface area contributed by atoms with Crippen molar-refractivity contribution in [3.63, 3.8) is 0 Å². The summed E-state index contributed by atoms with van der Waals surface area (Å²) in [6, 6.07) is 4.16. The molecule has 1 aliphatic heterocycles. The Labute approximate surface area is 197 Å². The van der Waals surface area contributed by atoms with Crippen molar-refractivity contribution < 1.29 is 9.53 Å². The molecule has 0 unspecified atom stereocenters. The van der Waals surface area contributed by atoms with Gasteiger partial charge in [0.1, 0.15) is 12.1 Å². The largest absolute Gasteiger partial charge is 0.493 e. The van der Waals surface area contributed by atoms with E-state index in [1.165, 1.54) is 11.9 Å². The molecule has 1 amide bonds. The van der Waals surface area contributed by atoms with E-state index in [1.807, 2.05) is 23.4 Å². The van der Waals surface area contributed by atoms with E-state index in [-0.39, 0.29) is 11.8 Å². The highest BCUT2D eigenvalue weighted by atomic mass is 16.5. The van der Waals surface area contributed by atoms with Crippen LogP contribution in [-0.2, 0) is 4.79 Å². The Balaban J connectivity index is 1.51. The fourth-order valence-electron chi connectivity index (χ4n) is 4.73. The van der Waals surface area contributed by atoms with Crippen molar-refractivity contribution in [2.24, 2.45) is 0 Å². The third-order valence-corrected chi connectivity index (χ3v) is 6.42. The molecule has 0 atom stereocenters. The first-order valence-corrected chi connectivity index (χ1v) is 11.6. The second-order valence-electron chi connectivity index (χ2n) is 8.88. The zero-order valence-corrected chi connectivity index (χ0v) is 20.0. The van der Waals surface area contributed by atoms with Crippen molar-refractivity contribution in [1.29, 1.82) is 0 Å². The summed E-state index contributed by atoms with van der Waals surface area (Å²) in [6.45, 7) is 7.71. The van der Waals surface area contributed by atoms with Crippen LogP contribution in [0.15, 0.2) is 30.9 Å². The predicted molar refractivity (Wildman–Crippen MR) is 131 cm³/mol. The minimum Gasteiger partial charge on any atom is -0.493 e. The zero-order valence-electron chi connectivity index (χ0n) is 20.0. The number of hydrogen-bond donors (Lipinski definition) is 2. The number of pyridine rings is 2. The highest BCUT2D eigenvalue weighted by Crippen LogP contribution is 2.38. The lowest BCUT2D eigenvalue weighted by Crippen LogP contribution is -2.50. The minimum absolute atomic E-state index is 0.141. The topological polar surface area (TPSA) is 104 Å². The Morgan fingerprint density at radius 3 is 2.71 bits per heavy atom. The number of fused-ring (bicyclic) bond motifs is 2. The number of H-pyrrole nitrogens is 1. The molecular weight excluding hydrogens is 432 g/mol. The summed E-state index contributed by atoms with van der Waals surface area (Å²) in [4.78, 5) is 29.0. The van der Waals surface area contributed by atoms with Gasteiger partial charge in [0.15, 0.2) is 11.4 Å². The van der Waals surface area contributed by atoms with E-state index in [1.54, 1.807) is 18.7 Å². The van der Waals surface area contributed by atoms with Gasteiger partial charge in [0.05, 0.1) is 31.1 Å². The number of ether oxygens (including phenoxy) is 1. The first-order valence-electron chi connectivity index (χ1n) is 11.6. The molecule has 5 heterocycles. The Morgan fingerprint density at radius 2 is 2.00 bits per heavy atom. The molecule has 4 aromatic rings.